The monoisotopic (exact) mass is 329 g/mol. The molecular formula is C18H23N3O3. The van der Waals surface area contributed by atoms with Crippen LogP contribution in [0.3, 0.4) is 0 Å². The van der Waals surface area contributed by atoms with Gasteiger partial charge in [0.15, 0.2) is 11.5 Å². The number of carbonyl (C=O) groups is 1. The van der Waals surface area contributed by atoms with Gasteiger partial charge in [-0.25, -0.2) is 0 Å². The highest BCUT2D eigenvalue weighted by Crippen LogP contribution is 2.34. The lowest BCUT2D eigenvalue weighted by molar-refractivity contribution is 0.0762. The molecule has 0 aliphatic heterocycles. The molecule has 2 N–H and O–H groups in total. The third-order valence-electron chi connectivity index (χ3n) is 3.82. The van der Waals surface area contributed by atoms with Gasteiger partial charge in [0, 0.05) is 37.2 Å². The Hall–Kier alpha value is -2.76. The largest absolute Gasteiger partial charge is 0.493 e. The number of rotatable bonds is 7. The van der Waals surface area contributed by atoms with Gasteiger partial charge in [-0.2, -0.15) is 0 Å². The molecule has 2 rings (SSSR count). The normalized spacial score (nSPS) is 10.3. The molecule has 6 heteroatoms. The molecule has 0 unspecified atom stereocenters. The first-order valence-corrected chi connectivity index (χ1v) is 7.80. The summed E-state index contributed by atoms with van der Waals surface area (Å²) < 4.78 is 10.6. The van der Waals surface area contributed by atoms with Crippen molar-refractivity contribution in [2.45, 2.75) is 13.3 Å². The molecule has 0 saturated carbocycles. The molecule has 6 nitrogen and oxygen atoms in total. The van der Waals surface area contributed by atoms with Gasteiger partial charge in [-0.1, -0.05) is 0 Å². The van der Waals surface area contributed by atoms with Crippen molar-refractivity contribution in [1.82, 2.24) is 9.88 Å². The van der Waals surface area contributed by atoms with Gasteiger partial charge in [0.1, 0.15) is 0 Å². The minimum Gasteiger partial charge on any atom is -0.493 e. The Morgan fingerprint density at radius 2 is 1.92 bits per heavy atom. The molecular weight excluding hydrogens is 306 g/mol. The van der Waals surface area contributed by atoms with Crippen LogP contribution in [0, 0.1) is 0 Å². The lowest BCUT2D eigenvalue weighted by atomic mass is 10.1. The van der Waals surface area contributed by atoms with Crippen LogP contribution in [-0.2, 0) is 6.42 Å². The Labute approximate surface area is 142 Å². The summed E-state index contributed by atoms with van der Waals surface area (Å²) in [4.78, 5) is 18.7. The first-order chi connectivity index (χ1) is 11.6. The molecule has 0 radical (unpaired) electrons. The number of hydrogen-bond acceptors (Lipinski definition) is 5. The van der Waals surface area contributed by atoms with Crippen LogP contribution in [0.25, 0.3) is 0 Å². The Morgan fingerprint density at radius 1 is 1.21 bits per heavy atom. The topological polar surface area (TPSA) is 77.7 Å². The van der Waals surface area contributed by atoms with Crippen molar-refractivity contribution < 1.29 is 14.3 Å². The number of carbonyl (C=O) groups excluding carboxylic acids is 1. The van der Waals surface area contributed by atoms with Crippen LogP contribution in [-0.4, -0.2) is 43.1 Å². The zero-order valence-electron chi connectivity index (χ0n) is 14.3. The van der Waals surface area contributed by atoms with Crippen LogP contribution in [0.1, 0.15) is 22.8 Å². The average molecular weight is 329 g/mol. The standard InChI is InChI=1S/C18H23N3O3/c1-4-21(10-7-13-5-8-20-9-6-13)18(22)15-11-14(19)12-16(23-2)17(15)24-3/h5-6,8-9,11-12H,4,7,10,19H2,1-3H3. The summed E-state index contributed by atoms with van der Waals surface area (Å²) in [7, 11) is 3.03. The summed E-state index contributed by atoms with van der Waals surface area (Å²) >= 11 is 0. The molecule has 0 saturated heterocycles. The second-order valence-electron chi connectivity index (χ2n) is 5.29. The summed E-state index contributed by atoms with van der Waals surface area (Å²) in [6, 6.07) is 7.16. The van der Waals surface area contributed by atoms with E-state index in [-0.39, 0.29) is 5.91 Å². The number of aromatic nitrogens is 1. The lowest BCUT2D eigenvalue weighted by Gasteiger charge is -2.23. The quantitative estimate of drug-likeness (QED) is 0.789. The third kappa shape index (κ3) is 3.95. The second-order valence-corrected chi connectivity index (χ2v) is 5.29. The van der Waals surface area contributed by atoms with Crippen LogP contribution >= 0.6 is 0 Å². The number of amides is 1. The molecule has 0 fully saturated rings. The maximum absolute atomic E-state index is 12.9. The number of nitrogens with zero attached hydrogens (tertiary/aromatic N) is 2. The van der Waals surface area contributed by atoms with Gasteiger partial charge < -0.3 is 20.1 Å². The Bertz CT molecular complexity index is 689. The number of pyridine rings is 1. The van der Waals surface area contributed by atoms with Gasteiger partial charge in [-0.05, 0) is 37.1 Å². The van der Waals surface area contributed by atoms with E-state index in [0.29, 0.717) is 35.8 Å². The average Bonchev–Trinajstić information content (AvgIpc) is 2.62. The van der Waals surface area contributed by atoms with Gasteiger partial charge in [0.2, 0.25) is 0 Å². The Kier molecular flexibility index (Phi) is 6.01. The second kappa shape index (κ2) is 8.19. The molecule has 0 bridgehead atoms. The van der Waals surface area contributed by atoms with E-state index in [1.807, 2.05) is 19.1 Å². The van der Waals surface area contributed by atoms with Crippen molar-refractivity contribution in [3.05, 3.63) is 47.8 Å². The van der Waals surface area contributed by atoms with Crippen LogP contribution in [0.4, 0.5) is 5.69 Å². The van der Waals surface area contributed by atoms with E-state index >= 15 is 0 Å². The van der Waals surface area contributed by atoms with Crippen molar-refractivity contribution in [1.29, 1.82) is 0 Å². The number of ether oxygens (including phenoxy) is 2. The van der Waals surface area contributed by atoms with Gasteiger partial charge in [0.25, 0.3) is 5.91 Å². The van der Waals surface area contributed by atoms with Crippen LogP contribution in [0.15, 0.2) is 36.7 Å². The number of nitrogen functional groups attached to an aromatic ring is 1. The van der Waals surface area contributed by atoms with Crippen molar-refractivity contribution >= 4 is 11.6 Å². The molecule has 0 spiro atoms. The minimum atomic E-state index is -0.131. The van der Waals surface area contributed by atoms with Gasteiger partial charge >= 0.3 is 0 Å². The van der Waals surface area contributed by atoms with E-state index in [4.69, 9.17) is 15.2 Å². The maximum atomic E-state index is 12.9. The van der Waals surface area contributed by atoms with E-state index in [1.54, 1.807) is 29.4 Å². The number of benzene rings is 1. The predicted molar refractivity (Wildman–Crippen MR) is 93.5 cm³/mol. The molecule has 1 amide bonds. The smallest absolute Gasteiger partial charge is 0.257 e. The van der Waals surface area contributed by atoms with Crippen LogP contribution in [0.2, 0.25) is 0 Å². The molecule has 128 valence electrons. The molecule has 1 aromatic heterocycles. The van der Waals surface area contributed by atoms with Gasteiger partial charge in [-0.15, -0.1) is 0 Å². The minimum absolute atomic E-state index is 0.131. The van der Waals surface area contributed by atoms with Crippen molar-refractivity contribution in [2.24, 2.45) is 0 Å². The molecule has 0 atom stereocenters. The van der Waals surface area contributed by atoms with E-state index in [0.717, 1.165) is 12.0 Å². The van der Waals surface area contributed by atoms with Gasteiger partial charge in [-0.3, -0.25) is 9.78 Å². The number of hydrogen-bond donors (Lipinski definition) is 1. The van der Waals surface area contributed by atoms with Crippen LogP contribution < -0.4 is 15.2 Å². The molecule has 24 heavy (non-hydrogen) atoms. The predicted octanol–water partition coefficient (Wildman–Crippen LogP) is 2.39. The van der Waals surface area contributed by atoms with E-state index in [9.17, 15) is 4.79 Å². The number of anilines is 1. The third-order valence-corrected chi connectivity index (χ3v) is 3.82. The van der Waals surface area contributed by atoms with E-state index in [1.165, 1.54) is 14.2 Å². The summed E-state index contributed by atoms with van der Waals surface area (Å²) in [6.45, 7) is 3.13. The Morgan fingerprint density at radius 3 is 2.50 bits per heavy atom. The fourth-order valence-electron chi connectivity index (χ4n) is 2.53. The van der Waals surface area contributed by atoms with E-state index in [2.05, 4.69) is 4.98 Å². The number of methoxy groups -OCH3 is 2. The molecule has 0 aliphatic rings. The molecule has 1 heterocycles. The zero-order valence-corrected chi connectivity index (χ0v) is 14.3. The zero-order chi connectivity index (χ0) is 17.5. The van der Waals surface area contributed by atoms with Crippen LogP contribution in [0.5, 0.6) is 11.5 Å². The Balaban J connectivity index is 2.23. The number of nitrogens with two attached hydrogens (primary N) is 1. The fraction of sp³-hybridized carbons (Fsp3) is 0.333. The SMILES string of the molecule is CCN(CCc1ccncc1)C(=O)c1cc(N)cc(OC)c1OC. The fourth-order valence-corrected chi connectivity index (χ4v) is 2.53. The van der Waals surface area contributed by atoms with Crippen molar-refractivity contribution in [3.8, 4) is 11.5 Å². The highest BCUT2D eigenvalue weighted by Gasteiger charge is 2.22. The highest BCUT2D eigenvalue weighted by molar-refractivity contribution is 5.99. The number of likely N-dealkylation sites (N-methyl/N-ethyl adjacent to an activating group) is 1. The highest BCUT2D eigenvalue weighted by atomic mass is 16.5. The maximum Gasteiger partial charge on any atom is 0.257 e. The van der Waals surface area contributed by atoms with Gasteiger partial charge in [0.05, 0.1) is 19.8 Å². The van der Waals surface area contributed by atoms with Crippen molar-refractivity contribution in [2.75, 3.05) is 33.0 Å². The van der Waals surface area contributed by atoms with Crippen molar-refractivity contribution in [3.63, 3.8) is 0 Å². The summed E-state index contributed by atoms with van der Waals surface area (Å²) in [5.41, 5.74) is 7.89. The lowest BCUT2D eigenvalue weighted by Crippen LogP contribution is -2.33. The molecule has 0 aliphatic carbocycles. The molecule has 2 aromatic rings. The van der Waals surface area contributed by atoms with E-state index < -0.39 is 0 Å². The summed E-state index contributed by atoms with van der Waals surface area (Å²) in [6.07, 6.45) is 4.25. The summed E-state index contributed by atoms with van der Waals surface area (Å²) in [5, 5.41) is 0. The summed E-state index contributed by atoms with van der Waals surface area (Å²) in [5.74, 6) is 0.721. The molecule has 1 aromatic carbocycles. The first-order valence-electron chi connectivity index (χ1n) is 7.80. The first kappa shape index (κ1) is 17.6.